The van der Waals surface area contributed by atoms with E-state index in [4.69, 9.17) is 14.2 Å². The second-order valence-corrected chi connectivity index (χ2v) is 9.14. The summed E-state index contributed by atoms with van der Waals surface area (Å²) in [4.78, 5) is 70.0. The molecule has 3 N–H and O–H groups in total. The molecule has 0 aliphatic heterocycles. The molecule has 222 valence electrons. The van der Waals surface area contributed by atoms with Crippen LogP contribution in [-0.2, 0) is 38.2 Å². The van der Waals surface area contributed by atoms with Gasteiger partial charge in [-0.05, 0) is 57.4 Å². The van der Waals surface area contributed by atoms with Crippen molar-refractivity contribution in [2.45, 2.75) is 58.0 Å². The lowest BCUT2D eigenvalue weighted by Crippen LogP contribution is -2.36. The molecule has 0 aliphatic rings. The van der Waals surface area contributed by atoms with Crippen LogP contribution in [0.2, 0.25) is 0 Å². The summed E-state index contributed by atoms with van der Waals surface area (Å²) in [5.41, 5.74) is -1.15. The van der Waals surface area contributed by atoms with Gasteiger partial charge in [0, 0.05) is 25.1 Å². The third-order valence-electron chi connectivity index (χ3n) is 5.18. The van der Waals surface area contributed by atoms with Gasteiger partial charge in [0.25, 0.3) is 0 Å². The molecular formula is C27H38N2O11. The Labute approximate surface area is 232 Å². The lowest BCUT2D eigenvalue weighted by Gasteiger charge is -2.15. The summed E-state index contributed by atoms with van der Waals surface area (Å²) in [5, 5.41) is 14.7. The molecule has 0 radical (unpaired) electrons. The van der Waals surface area contributed by atoms with Gasteiger partial charge in [-0.25, -0.2) is 0 Å². The second kappa shape index (κ2) is 18.3. The van der Waals surface area contributed by atoms with Gasteiger partial charge in [0.05, 0.1) is 13.7 Å². The third-order valence-corrected chi connectivity index (χ3v) is 5.18. The minimum Gasteiger partial charge on any atom is -0.490 e. The Morgan fingerprint density at radius 2 is 1.30 bits per heavy atom. The highest BCUT2D eigenvalue weighted by Gasteiger charge is 2.25. The molecule has 0 saturated heterocycles. The number of ether oxygens (including phenoxy) is 4. The molecule has 13 heteroatoms. The summed E-state index contributed by atoms with van der Waals surface area (Å²) >= 11 is 0. The first-order valence-electron chi connectivity index (χ1n) is 12.8. The molecule has 0 spiro atoms. The lowest BCUT2D eigenvalue weighted by atomic mass is 9.97. The van der Waals surface area contributed by atoms with Gasteiger partial charge in [-0.3, -0.25) is 28.8 Å². The fourth-order valence-electron chi connectivity index (χ4n) is 3.10. The molecule has 1 aromatic rings. The molecule has 13 nitrogen and oxygen atoms in total. The SMILES string of the molecule is COC(=O)CCCCCOC(=O)CC(=O)NCCNC(=O)CC(=O)OCCOc1ccc(C(=O)C(C)(C)O)cc1. The highest BCUT2D eigenvalue weighted by Crippen LogP contribution is 2.17. The maximum atomic E-state index is 12.0. The van der Waals surface area contributed by atoms with Crippen molar-refractivity contribution in [1.82, 2.24) is 10.6 Å². The highest BCUT2D eigenvalue weighted by atomic mass is 16.6. The Kier molecular flexibility index (Phi) is 15.6. The molecule has 2 amide bonds. The number of methoxy groups -OCH3 is 1. The van der Waals surface area contributed by atoms with Crippen molar-refractivity contribution < 1.29 is 52.8 Å². The van der Waals surface area contributed by atoms with Crippen LogP contribution in [0.4, 0.5) is 0 Å². The number of aliphatic hydroxyl groups is 1. The third kappa shape index (κ3) is 15.4. The number of esters is 3. The van der Waals surface area contributed by atoms with Crippen molar-refractivity contribution in [3.8, 4) is 5.75 Å². The summed E-state index contributed by atoms with van der Waals surface area (Å²) in [6.07, 6.45) is 1.18. The van der Waals surface area contributed by atoms with Gasteiger partial charge in [-0.15, -0.1) is 0 Å². The van der Waals surface area contributed by atoms with Crippen LogP contribution in [0, 0.1) is 0 Å². The Bertz CT molecular complexity index is 1000. The van der Waals surface area contributed by atoms with E-state index < -0.39 is 48.0 Å². The van der Waals surface area contributed by atoms with Crippen molar-refractivity contribution in [2.24, 2.45) is 0 Å². The maximum Gasteiger partial charge on any atom is 0.315 e. The minimum atomic E-state index is -1.48. The van der Waals surface area contributed by atoms with Crippen LogP contribution < -0.4 is 15.4 Å². The van der Waals surface area contributed by atoms with Crippen LogP contribution >= 0.6 is 0 Å². The quantitative estimate of drug-likeness (QED) is 0.0709. The number of hydrogen-bond donors (Lipinski definition) is 3. The van der Waals surface area contributed by atoms with E-state index in [9.17, 15) is 33.9 Å². The number of rotatable bonds is 19. The van der Waals surface area contributed by atoms with Gasteiger partial charge in [0.1, 0.15) is 37.4 Å². The largest absolute Gasteiger partial charge is 0.490 e. The van der Waals surface area contributed by atoms with Crippen LogP contribution in [0.5, 0.6) is 5.75 Å². The molecule has 40 heavy (non-hydrogen) atoms. The molecule has 0 aromatic heterocycles. The normalized spacial score (nSPS) is 10.7. The van der Waals surface area contributed by atoms with Crippen molar-refractivity contribution >= 4 is 35.5 Å². The van der Waals surface area contributed by atoms with Crippen LogP contribution in [0.3, 0.4) is 0 Å². The van der Waals surface area contributed by atoms with Crippen molar-refractivity contribution in [1.29, 1.82) is 0 Å². The van der Waals surface area contributed by atoms with Gasteiger partial charge in [0.2, 0.25) is 11.8 Å². The molecule has 1 rings (SSSR count). The molecule has 0 fully saturated rings. The summed E-state index contributed by atoms with van der Waals surface area (Å²) in [7, 11) is 1.32. The van der Waals surface area contributed by atoms with Gasteiger partial charge < -0.3 is 34.7 Å². The number of Topliss-reactive ketones (excluding diaryl/α,β-unsaturated/α-hetero) is 1. The van der Waals surface area contributed by atoms with Crippen LogP contribution in [0.25, 0.3) is 0 Å². The Hall–Kier alpha value is -4.00. The average Bonchev–Trinajstić information content (AvgIpc) is 2.90. The fourth-order valence-corrected chi connectivity index (χ4v) is 3.10. The number of hydrogen-bond acceptors (Lipinski definition) is 11. The monoisotopic (exact) mass is 566 g/mol. The Balaban J connectivity index is 2.09. The zero-order valence-electron chi connectivity index (χ0n) is 23.1. The number of ketones is 1. The first kappa shape index (κ1) is 34.0. The fraction of sp³-hybridized carbons (Fsp3) is 0.556. The topological polar surface area (TPSA) is 184 Å². The van der Waals surface area contributed by atoms with Crippen molar-refractivity contribution in [3.63, 3.8) is 0 Å². The molecular weight excluding hydrogens is 528 g/mol. The molecule has 0 aliphatic carbocycles. The average molecular weight is 567 g/mol. The second-order valence-electron chi connectivity index (χ2n) is 9.14. The van der Waals surface area contributed by atoms with Crippen molar-refractivity contribution in [3.05, 3.63) is 29.8 Å². The van der Waals surface area contributed by atoms with E-state index in [-0.39, 0.29) is 38.9 Å². The number of carbonyl (C=O) groups excluding carboxylic acids is 6. The zero-order chi connectivity index (χ0) is 30.0. The number of nitrogens with one attached hydrogen (secondary N) is 2. The molecule has 0 unspecified atom stereocenters. The minimum absolute atomic E-state index is 0.0238. The molecule has 0 heterocycles. The number of amides is 2. The van der Waals surface area contributed by atoms with Crippen LogP contribution in [0.1, 0.15) is 62.7 Å². The van der Waals surface area contributed by atoms with Gasteiger partial charge in [-0.1, -0.05) is 0 Å². The molecule has 1 aromatic carbocycles. The van der Waals surface area contributed by atoms with Crippen LogP contribution in [0.15, 0.2) is 24.3 Å². The smallest absolute Gasteiger partial charge is 0.315 e. The van der Waals surface area contributed by atoms with E-state index in [1.807, 2.05) is 0 Å². The lowest BCUT2D eigenvalue weighted by molar-refractivity contribution is -0.148. The first-order chi connectivity index (χ1) is 18.9. The summed E-state index contributed by atoms with van der Waals surface area (Å²) < 4.78 is 19.8. The van der Waals surface area contributed by atoms with Crippen LogP contribution in [-0.4, -0.2) is 86.2 Å². The molecule has 0 bridgehead atoms. The zero-order valence-corrected chi connectivity index (χ0v) is 23.1. The van der Waals surface area contributed by atoms with E-state index >= 15 is 0 Å². The van der Waals surface area contributed by atoms with Gasteiger partial charge >= 0.3 is 17.9 Å². The Morgan fingerprint density at radius 3 is 1.82 bits per heavy atom. The number of carbonyl (C=O) groups is 6. The molecule has 0 saturated carbocycles. The van der Waals surface area contributed by atoms with E-state index in [0.717, 1.165) is 0 Å². The van der Waals surface area contributed by atoms with Crippen molar-refractivity contribution in [2.75, 3.05) is 40.0 Å². The standard InChI is InChI=1S/C27H38N2O11/c1-27(2,36)26(35)19-8-10-20(11-9-19)38-15-16-40-25(34)18-22(31)29-13-12-28-21(30)17-24(33)39-14-6-4-5-7-23(32)37-3/h8-11,36H,4-7,12-18H2,1-3H3,(H,28,30)(H,29,31). The Morgan fingerprint density at radius 1 is 0.750 bits per heavy atom. The molecule has 0 atom stereocenters. The first-order valence-corrected chi connectivity index (χ1v) is 12.8. The van der Waals surface area contributed by atoms with E-state index in [0.29, 0.717) is 37.0 Å². The maximum absolute atomic E-state index is 12.0. The summed E-state index contributed by atoms with van der Waals surface area (Å²) in [6.45, 7) is 2.96. The number of benzene rings is 1. The van der Waals surface area contributed by atoms with E-state index in [1.54, 1.807) is 12.1 Å². The summed E-state index contributed by atoms with van der Waals surface area (Å²) in [6, 6.07) is 6.13. The van der Waals surface area contributed by atoms with Gasteiger partial charge in [0.15, 0.2) is 5.78 Å². The van der Waals surface area contributed by atoms with Gasteiger partial charge in [-0.2, -0.15) is 0 Å². The van der Waals surface area contributed by atoms with E-state index in [2.05, 4.69) is 15.4 Å². The predicted octanol–water partition coefficient (Wildman–Crippen LogP) is 0.851. The predicted molar refractivity (Wildman–Crippen MR) is 140 cm³/mol. The number of unbranched alkanes of at least 4 members (excludes halogenated alkanes) is 2. The highest BCUT2D eigenvalue weighted by molar-refractivity contribution is 6.01. The van der Waals surface area contributed by atoms with E-state index in [1.165, 1.54) is 33.1 Å². The summed E-state index contributed by atoms with van der Waals surface area (Å²) in [5.74, 6) is -2.89.